The van der Waals surface area contributed by atoms with E-state index in [-0.39, 0.29) is 42.4 Å². The summed E-state index contributed by atoms with van der Waals surface area (Å²) in [4.78, 5) is 13.9. The number of anilines is 1. The Kier molecular flexibility index (Phi) is 6.48. The van der Waals surface area contributed by atoms with Gasteiger partial charge in [-0.1, -0.05) is 18.2 Å². The maximum absolute atomic E-state index is 12.2. The number of carbonyl (C=O) groups excluding carboxylic acids is 1. The van der Waals surface area contributed by atoms with Crippen LogP contribution in [0.1, 0.15) is 13.3 Å². The number of nitrogens with one attached hydrogen (secondary N) is 1. The Bertz CT molecular complexity index is 563. The summed E-state index contributed by atoms with van der Waals surface area (Å²) in [5.41, 5.74) is 0.885. The molecule has 21 heavy (non-hydrogen) atoms. The third-order valence-electron chi connectivity index (χ3n) is 3.53. The second-order valence-electron chi connectivity index (χ2n) is 4.96. The zero-order chi connectivity index (χ0) is 14.6. The summed E-state index contributed by atoms with van der Waals surface area (Å²) in [6.07, 6.45) is 0.549. The van der Waals surface area contributed by atoms with Gasteiger partial charge < -0.3 is 10.2 Å². The molecule has 0 bridgehead atoms. The predicted octanol–water partition coefficient (Wildman–Crippen LogP) is 1.56. The van der Waals surface area contributed by atoms with Crippen molar-refractivity contribution in [2.24, 2.45) is 0 Å². The minimum absolute atomic E-state index is 0. The number of halogens is 1. The molecule has 1 atom stereocenters. The molecule has 7 heteroatoms. The maximum Gasteiger partial charge on any atom is 0.242 e. The fraction of sp³-hybridized carbons (Fsp3) is 0.500. The maximum atomic E-state index is 12.2. The molecule has 0 aromatic heterocycles. The van der Waals surface area contributed by atoms with Crippen LogP contribution in [-0.2, 0) is 14.6 Å². The number of para-hydroxylation sites is 1. The van der Waals surface area contributed by atoms with Crippen molar-refractivity contribution in [2.45, 2.75) is 19.4 Å². The van der Waals surface area contributed by atoms with Crippen molar-refractivity contribution in [2.75, 3.05) is 29.9 Å². The van der Waals surface area contributed by atoms with Crippen LogP contribution in [0.25, 0.3) is 0 Å². The van der Waals surface area contributed by atoms with Gasteiger partial charge in [-0.2, -0.15) is 0 Å². The zero-order valence-electron chi connectivity index (χ0n) is 12.0. The molecule has 1 aromatic rings. The van der Waals surface area contributed by atoms with E-state index >= 15 is 0 Å². The molecule has 1 aliphatic rings. The van der Waals surface area contributed by atoms with E-state index in [0.717, 1.165) is 5.69 Å². The Hall–Kier alpha value is -1.27. The summed E-state index contributed by atoms with van der Waals surface area (Å²) in [6.45, 7) is 2.61. The number of hydrogen-bond acceptors (Lipinski definition) is 4. The van der Waals surface area contributed by atoms with E-state index in [0.29, 0.717) is 13.0 Å². The van der Waals surface area contributed by atoms with Gasteiger partial charge in [-0.15, -0.1) is 12.4 Å². The number of hydrogen-bond donors (Lipinski definition) is 1. The summed E-state index contributed by atoms with van der Waals surface area (Å²) >= 11 is 0. The molecule has 1 fully saturated rings. The first-order valence-electron chi connectivity index (χ1n) is 6.80. The van der Waals surface area contributed by atoms with Crippen molar-refractivity contribution >= 4 is 33.8 Å². The molecular weight excluding hydrogens is 312 g/mol. The molecule has 5 nitrogen and oxygen atoms in total. The highest BCUT2D eigenvalue weighted by Crippen LogP contribution is 2.18. The van der Waals surface area contributed by atoms with E-state index < -0.39 is 9.84 Å². The minimum atomic E-state index is -2.97. The van der Waals surface area contributed by atoms with Gasteiger partial charge in [0, 0.05) is 18.3 Å². The van der Waals surface area contributed by atoms with Crippen molar-refractivity contribution in [1.82, 2.24) is 4.90 Å². The summed E-state index contributed by atoms with van der Waals surface area (Å²) in [7, 11) is -2.97. The van der Waals surface area contributed by atoms with Crippen LogP contribution in [-0.4, -0.2) is 49.9 Å². The molecular formula is C14H21ClN2O3S. The lowest BCUT2D eigenvalue weighted by molar-refractivity contribution is -0.130. The lowest BCUT2D eigenvalue weighted by atomic mass is 10.2. The van der Waals surface area contributed by atoms with Crippen LogP contribution in [0.5, 0.6) is 0 Å². The molecule has 0 radical (unpaired) electrons. The number of nitrogens with zero attached hydrogens (tertiary/aromatic N) is 1. The normalized spacial score (nSPS) is 19.6. The third kappa shape index (κ3) is 4.89. The Balaban J connectivity index is 0.00000220. The standard InChI is InChI=1S/C14H20N2O3S.ClH/c1-2-16(13-8-9-20(18,19)11-13)14(17)10-15-12-6-4-3-5-7-12;/h3-7,13,15H,2,8-11H2,1H3;1H. The molecule has 1 amide bonds. The van der Waals surface area contributed by atoms with Gasteiger partial charge in [-0.25, -0.2) is 8.42 Å². The van der Waals surface area contributed by atoms with Crippen LogP contribution >= 0.6 is 12.4 Å². The molecule has 1 heterocycles. The molecule has 0 spiro atoms. The minimum Gasteiger partial charge on any atom is -0.376 e. The number of carbonyl (C=O) groups is 1. The van der Waals surface area contributed by atoms with Gasteiger partial charge in [-0.3, -0.25) is 4.79 Å². The molecule has 1 aliphatic heterocycles. The van der Waals surface area contributed by atoms with Gasteiger partial charge in [0.15, 0.2) is 9.84 Å². The molecule has 1 saturated heterocycles. The smallest absolute Gasteiger partial charge is 0.242 e. The molecule has 0 saturated carbocycles. The van der Waals surface area contributed by atoms with Crippen LogP contribution in [0.4, 0.5) is 5.69 Å². The highest BCUT2D eigenvalue weighted by molar-refractivity contribution is 7.91. The van der Waals surface area contributed by atoms with E-state index in [2.05, 4.69) is 5.32 Å². The molecule has 1 aromatic carbocycles. The number of amides is 1. The third-order valence-corrected chi connectivity index (χ3v) is 5.28. The van der Waals surface area contributed by atoms with Crippen LogP contribution in [0, 0.1) is 0 Å². The van der Waals surface area contributed by atoms with Crippen LogP contribution in [0.15, 0.2) is 30.3 Å². The quantitative estimate of drug-likeness (QED) is 0.888. The van der Waals surface area contributed by atoms with Crippen molar-refractivity contribution in [3.8, 4) is 0 Å². The number of rotatable bonds is 5. The van der Waals surface area contributed by atoms with E-state index in [1.165, 1.54) is 0 Å². The lowest BCUT2D eigenvalue weighted by Crippen LogP contribution is -2.43. The first kappa shape index (κ1) is 17.8. The summed E-state index contributed by atoms with van der Waals surface area (Å²) in [6, 6.07) is 9.32. The SMILES string of the molecule is CCN(C(=O)CNc1ccccc1)C1CCS(=O)(=O)C1.Cl. The van der Waals surface area contributed by atoms with Crippen LogP contribution in [0.3, 0.4) is 0 Å². The number of benzene rings is 1. The van der Waals surface area contributed by atoms with E-state index in [4.69, 9.17) is 0 Å². The van der Waals surface area contributed by atoms with Gasteiger partial charge in [-0.05, 0) is 25.5 Å². The Morgan fingerprint density at radius 1 is 1.33 bits per heavy atom. The summed E-state index contributed by atoms with van der Waals surface area (Å²) < 4.78 is 23.0. The van der Waals surface area contributed by atoms with Crippen LogP contribution < -0.4 is 5.32 Å². The lowest BCUT2D eigenvalue weighted by Gasteiger charge is -2.27. The fourth-order valence-corrected chi connectivity index (χ4v) is 4.23. The van der Waals surface area contributed by atoms with Crippen molar-refractivity contribution < 1.29 is 13.2 Å². The van der Waals surface area contributed by atoms with Gasteiger partial charge >= 0.3 is 0 Å². The van der Waals surface area contributed by atoms with Gasteiger partial charge in [0.1, 0.15) is 0 Å². The Morgan fingerprint density at radius 2 is 2.00 bits per heavy atom. The first-order valence-corrected chi connectivity index (χ1v) is 8.63. The predicted molar refractivity (Wildman–Crippen MR) is 86.6 cm³/mol. The monoisotopic (exact) mass is 332 g/mol. The fourth-order valence-electron chi connectivity index (χ4n) is 2.49. The van der Waals surface area contributed by atoms with Crippen molar-refractivity contribution in [3.63, 3.8) is 0 Å². The first-order chi connectivity index (χ1) is 9.52. The highest BCUT2D eigenvalue weighted by Gasteiger charge is 2.33. The molecule has 2 rings (SSSR count). The number of likely N-dealkylation sites (N-methyl/N-ethyl adjacent to an activating group) is 1. The van der Waals surface area contributed by atoms with Crippen LogP contribution in [0.2, 0.25) is 0 Å². The zero-order valence-corrected chi connectivity index (χ0v) is 13.6. The average Bonchev–Trinajstić information content (AvgIpc) is 2.78. The Labute approximate surface area is 132 Å². The van der Waals surface area contributed by atoms with E-state index in [1.807, 2.05) is 37.3 Å². The van der Waals surface area contributed by atoms with Crippen molar-refractivity contribution in [3.05, 3.63) is 30.3 Å². The molecule has 1 unspecified atom stereocenters. The molecule has 118 valence electrons. The topological polar surface area (TPSA) is 66.5 Å². The second kappa shape index (κ2) is 7.66. The molecule has 0 aliphatic carbocycles. The number of sulfone groups is 1. The van der Waals surface area contributed by atoms with Gasteiger partial charge in [0.05, 0.1) is 18.1 Å². The highest BCUT2D eigenvalue weighted by atomic mass is 35.5. The largest absolute Gasteiger partial charge is 0.376 e. The average molecular weight is 333 g/mol. The van der Waals surface area contributed by atoms with Gasteiger partial charge in [0.2, 0.25) is 5.91 Å². The molecule has 1 N–H and O–H groups in total. The van der Waals surface area contributed by atoms with E-state index in [1.54, 1.807) is 4.90 Å². The second-order valence-corrected chi connectivity index (χ2v) is 7.18. The van der Waals surface area contributed by atoms with Crippen molar-refractivity contribution in [1.29, 1.82) is 0 Å². The van der Waals surface area contributed by atoms with E-state index in [9.17, 15) is 13.2 Å². The summed E-state index contributed by atoms with van der Waals surface area (Å²) in [5.74, 6) is 0.226. The Morgan fingerprint density at radius 3 is 2.52 bits per heavy atom. The van der Waals surface area contributed by atoms with Gasteiger partial charge in [0.25, 0.3) is 0 Å². The summed E-state index contributed by atoms with van der Waals surface area (Å²) in [5, 5.41) is 3.06.